The molecular weight excluding hydrogens is 292 g/mol. The van der Waals surface area contributed by atoms with Gasteiger partial charge in [-0.25, -0.2) is 4.79 Å². The quantitative estimate of drug-likeness (QED) is 0.661. The minimum absolute atomic E-state index is 0.0288. The normalized spacial score (nSPS) is 23.8. The van der Waals surface area contributed by atoms with E-state index in [0.29, 0.717) is 43.3 Å². The topological polar surface area (TPSA) is 102 Å². The Kier molecular flexibility index (Phi) is 3.40. The molecule has 2 heterocycles. The fourth-order valence-corrected chi connectivity index (χ4v) is 2.80. The number of rotatable bonds is 3. The largest absolute Gasteiger partial charge is 0.478 e. The van der Waals surface area contributed by atoms with Crippen LogP contribution in [0.25, 0.3) is 0 Å². The van der Waals surface area contributed by atoms with Crippen molar-refractivity contribution in [2.24, 2.45) is 0 Å². The third-order valence-electron chi connectivity index (χ3n) is 4.02. The number of benzene rings is 1. The van der Waals surface area contributed by atoms with E-state index in [4.69, 9.17) is 9.47 Å². The zero-order valence-corrected chi connectivity index (χ0v) is 12.1. The Morgan fingerprint density at radius 2 is 2.09 bits per heavy atom. The van der Waals surface area contributed by atoms with Crippen molar-refractivity contribution in [2.75, 3.05) is 31.2 Å². The van der Waals surface area contributed by atoms with Crippen molar-refractivity contribution in [1.29, 1.82) is 0 Å². The monoisotopic (exact) mass is 308 g/mol. The second-order valence-electron chi connectivity index (χ2n) is 5.62. The molecule has 2 aliphatic rings. The lowest BCUT2D eigenvalue weighted by Gasteiger charge is -2.28. The number of ether oxygens (including phenoxy) is 2. The molecule has 1 atom stereocenters. The van der Waals surface area contributed by atoms with Gasteiger partial charge in [-0.1, -0.05) is 0 Å². The highest BCUT2D eigenvalue weighted by Gasteiger charge is 2.43. The van der Waals surface area contributed by atoms with Gasteiger partial charge in [-0.05, 0) is 6.92 Å². The first-order valence-corrected chi connectivity index (χ1v) is 6.97. The number of hydrogen-bond donors (Lipinski definition) is 1. The molecule has 2 aliphatic heterocycles. The summed E-state index contributed by atoms with van der Waals surface area (Å²) in [5.74, 6) is -0.684. The van der Waals surface area contributed by atoms with E-state index in [0.717, 1.165) is 0 Å². The second kappa shape index (κ2) is 5.13. The average molecular weight is 308 g/mol. The summed E-state index contributed by atoms with van der Waals surface area (Å²) in [5, 5.41) is 20.6. The summed E-state index contributed by atoms with van der Waals surface area (Å²) < 4.78 is 10.8. The lowest BCUT2D eigenvalue weighted by Crippen LogP contribution is -2.39. The SMILES string of the molecule is CC1(C(=O)O)Cc2cc([N+](=O)[O-])c(N3CCOCC3)cc2O1. The van der Waals surface area contributed by atoms with E-state index in [9.17, 15) is 20.0 Å². The number of morpholine rings is 1. The van der Waals surface area contributed by atoms with Gasteiger partial charge in [0, 0.05) is 37.2 Å². The Balaban J connectivity index is 2.02. The van der Waals surface area contributed by atoms with Crippen LogP contribution in [0.4, 0.5) is 11.4 Å². The Labute approximate surface area is 126 Å². The summed E-state index contributed by atoms with van der Waals surface area (Å²) in [6, 6.07) is 3.00. The molecule has 0 aliphatic carbocycles. The molecule has 1 fully saturated rings. The van der Waals surface area contributed by atoms with E-state index in [1.165, 1.54) is 13.0 Å². The standard InChI is InChI=1S/C14H16N2O6/c1-14(13(17)18)8-9-6-11(16(19)20)10(7-12(9)22-14)15-2-4-21-5-3-15/h6-7H,2-5,8H2,1H3,(H,17,18). The predicted octanol–water partition coefficient (Wildman–Crippen LogP) is 1.21. The molecule has 1 aromatic rings. The van der Waals surface area contributed by atoms with E-state index in [1.54, 1.807) is 6.07 Å². The molecule has 0 amide bonds. The first-order valence-electron chi connectivity index (χ1n) is 6.97. The number of carbonyl (C=O) groups is 1. The summed E-state index contributed by atoms with van der Waals surface area (Å²) in [6.45, 7) is 3.57. The molecule has 1 N–H and O–H groups in total. The number of nitro benzene ring substituents is 1. The van der Waals surface area contributed by atoms with Gasteiger partial charge in [0.25, 0.3) is 5.69 Å². The van der Waals surface area contributed by atoms with Gasteiger partial charge in [0.05, 0.1) is 18.1 Å². The van der Waals surface area contributed by atoms with Gasteiger partial charge in [0.15, 0.2) is 0 Å². The Hall–Kier alpha value is -2.35. The molecule has 0 spiro atoms. The number of fused-ring (bicyclic) bond motifs is 1. The Morgan fingerprint density at radius 1 is 1.41 bits per heavy atom. The molecule has 8 heteroatoms. The van der Waals surface area contributed by atoms with Crippen molar-refractivity contribution in [3.05, 3.63) is 27.8 Å². The molecule has 3 rings (SSSR count). The number of carboxylic acids is 1. The van der Waals surface area contributed by atoms with Gasteiger partial charge in [0.1, 0.15) is 11.4 Å². The summed E-state index contributed by atoms with van der Waals surface area (Å²) in [6.07, 6.45) is 0.113. The average Bonchev–Trinajstić information content (AvgIpc) is 2.83. The number of nitro groups is 1. The van der Waals surface area contributed by atoms with Crippen LogP contribution in [0.15, 0.2) is 12.1 Å². The molecule has 0 bridgehead atoms. The zero-order chi connectivity index (χ0) is 15.9. The number of nitrogens with zero attached hydrogens (tertiary/aromatic N) is 2. The molecule has 1 unspecified atom stereocenters. The maximum absolute atomic E-state index is 11.3. The van der Waals surface area contributed by atoms with E-state index in [2.05, 4.69) is 0 Å². The highest BCUT2D eigenvalue weighted by Crippen LogP contribution is 2.42. The summed E-state index contributed by atoms with van der Waals surface area (Å²) in [4.78, 5) is 24.1. The van der Waals surface area contributed by atoms with E-state index in [1.807, 2.05) is 4.90 Å². The van der Waals surface area contributed by atoms with Gasteiger partial charge in [0.2, 0.25) is 5.60 Å². The van der Waals surface area contributed by atoms with Gasteiger partial charge >= 0.3 is 5.97 Å². The summed E-state index contributed by atoms with van der Waals surface area (Å²) >= 11 is 0. The molecular formula is C14H16N2O6. The third kappa shape index (κ3) is 2.35. The van der Waals surface area contributed by atoms with Gasteiger partial charge in [-0.15, -0.1) is 0 Å². The molecule has 0 radical (unpaired) electrons. The van der Waals surface area contributed by atoms with Crippen LogP contribution >= 0.6 is 0 Å². The fourth-order valence-electron chi connectivity index (χ4n) is 2.80. The maximum Gasteiger partial charge on any atom is 0.348 e. The summed E-state index contributed by atoms with van der Waals surface area (Å²) in [5.41, 5.74) is -0.408. The number of carboxylic acid groups (broad SMARTS) is 1. The van der Waals surface area contributed by atoms with Crippen molar-refractivity contribution in [1.82, 2.24) is 0 Å². The molecule has 22 heavy (non-hydrogen) atoms. The Morgan fingerprint density at radius 3 is 2.68 bits per heavy atom. The van der Waals surface area contributed by atoms with Crippen molar-refractivity contribution >= 4 is 17.3 Å². The smallest absolute Gasteiger partial charge is 0.348 e. The number of anilines is 1. The van der Waals surface area contributed by atoms with Crippen molar-refractivity contribution < 1.29 is 24.3 Å². The molecule has 118 valence electrons. The molecule has 0 aromatic heterocycles. The first kappa shape index (κ1) is 14.6. The van der Waals surface area contributed by atoms with Crippen LogP contribution in [0.1, 0.15) is 12.5 Å². The molecule has 1 aromatic carbocycles. The fraction of sp³-hybridized carbons (Fsp3) is 0.500. The second-order valence-corrected chi connectivity index (χ2v) is 5.62. The van der Waals surface area contributed by atoms with Crippen LogP contribution < -0.4 is 9.64 Å². The van der Waals surface area contributed by atoms with Crippen molar-refractivity contribution in [2.45, 2.75) is 18.9 Å². The zero-order valence-electron chi connectivity index (χ0n) is 12.1. The van der Waals surface area contributed by atoms with E-state index in [-0.39, 0.29) is 12.1 Å². The van der Waals surface area contributed by atoms with E-state index < -0.39 is 16.5 Å². The molecule has 1 saturated heterocycles. The lowest BCUT2D eigenvalue weighted by atomic mass is 9.99. The lowest BCUT2D eigenvalue weighted by molar-refractivity contribution is -0.384. The van der Waals surface area contributed by atoms with Gasteiger partial charge < -0.3 is 19.5 Å². The number of aliphatic carboxylic acids is 1. The molecule has 8 nitrogen and oxygen atoms in total. The van der Waals surface area contributed by atoms with Gasteiger partial charge in [-0.2, -0.15) is 0 Å². The van der Waals surface area contributed by atoms with Crippen LogP contribution in [-0.4, -0.2) is 47.9 Å². The predicted molar refractivity (Wildman–Crippen MR) is 76.5 cm³/mol. The highest BCUT2D eigenvalue weighted by molar-refractivity contribution is 5.80. The maximum atomic E-state index is 11.3. The first-order chi connectivity index (χ1) is 10.4. The highest BCUT2D eigenvalue weighted by atomic mass is 16.6. The van der Waals surface area contributed by atoms with Crippen molar-refractivity contribution in [3.63, 3.8) is 0 Å². The van der Waals surface area contributed by atoms with Crippen LogP contribution in [0.2, 0.25) is 0 Å². The number of hydrogen-bond acceptors (Lipinski definition) is 6. The Bertz CT molecular complexity index is 640. The summed E-state index contributed by atoms with van der Waals surface area (Å²) in [7, 11) is 0. The third-order valence-corrected chi connectivity index (χ3v) is 4.02. The van der Waals surface area contributed by atoms with Gasteiger partial charge in [-0.3, -0.25) is 10.1 Å². The minimum atomic E-state index is -1.38. The minimum Gasteiger partial charge on any atom is -0.478 e. The molecule has 0 saturated carbocycles. The van der Waals surface area contributed by atoms with Crippen LogP contribution in [-0.2, 0) is 16.0 Å². The van der Waals surface area contributed by atoms with Crippen LogP contribution in [0, 0.1) is 10.1 Å². The van der Waals surface area contributed by atoms with Crippen LogP contribution in [0.5, 0.6) is 5.75 Å². The van der Waals surface area contributed by atoms with Crippen molar-refractivity contribution in [3.8, 4) is 5.75 Å². The van der Waals surface area contributed by atoms with Crippen LogP contribution in [0.3, 0.4) is 0 Å². The van der Waals surface area contributed by atoms with E-state index >= 15 is 0 Å².